The molecule has 2 aromatic rings. The Balaban J connectivity index is 1.97. The van der Waals surface area contributed by atoms with E-state index in [0.29, 0.717) is 30.9 Å². The van der Waals surface area contributed by atoms with Crippen LogP contribution in [0.2, 0.25) is 0 Å². The number of aromatic nitrogens is 3. The molecule has 1 unspecified atom stereocenters. The number of anilines is 1. The molecule has 0 fully saturated rings. The number of nitrogen functional groups attached to an aromatic ring is 1. The van der Waals surface area contributed by atoms with E-state index in [9.17, 15) is 4.39 Å². The average molecular weight is 232 g/mol. The summed E-state index contributed by atoms with van der Waals surface area (Å²) >= 11 is 0. The summed E-state index contributed by atoms with van der Waals surface area (Å²) in [7, 11) is 0. The van der Waals surface area contributed by atoms with Gasteiger partial charge in [0, 0.05) is 17.7 Å². The first-order valence-corrected chi connectivity index (χ1v) is 5.66. The van der Waals surface area contributed by atoms with E-state index in [4.69, 9.17) is 5.73 Å². The predicted molar refractivity (Wildman–Crippen MR) is 63.1 cm³/mol. The number of benzene rings is 1. The molecule has 1 atom stereocenters. The summed E-state index contributed by atoms with van der Waals surface area (Å²) in [5.41, 5.74) is 7.25. The number of halogens is 1. The van der Waals surface area contributed by atoms with Gasteiger partial charge in [-0.25, -0.2) is 14.1 Å². The van der Waals surface area contributed by atoms with Crippen molar-refractivity contribution in [3.63, 3.8) is 0 Å². The van der Waals surface area contributed by atoms with Gasteiger partial charge in [-0.15, -0.1) is 0 Å². The van der Waals surface area contributed by atoms with Crippen molar-refractivity contribution in [2.24, 2.45) is 0 Å². The maximum Gasteiger partial charge on any atom is 0.181 e. The second kappa shape index (κ2) is 3.84. The molecule has 1 aromatic heterocycles. The van der Waals surface area contributed by atoms with Crippen molar-refractivity contribution in [3.8, 4) is 11.4 Å². The van der Waals surface area contributed by atoms with Crippen LogP contribution in [0.1, 0.15) is 12.2 Å². The van der Waals surface area contributed by atoms with Crippen LogP contribution in [0.15, 0.2) is 24.3 Å². The third-order valence-corrected chi connectivity index (χ3v) is 2.97. The topological polar surface area (TPSA) is 56.7 Å². The van der Waals surface area contributed by atoms with E-state index in [0.717, 1.165) is 11.4 Å². The van der Waals surface area contributed by atoms with Gasteiger partial charge in [0.05, 0.1) is 6.54 Å². The lowest BCUT2D eigenvalue weighted by molar-refractivity contribution is 0.242. The minimum atomic E-state index is -0.802. The average Bonchev–Trinajstić information content (AvgIpc) is 2.72. The van der Waals surface area contributed by atoms with Crippen molar-refractivity contribution in [3.05, 3.63) is 30.1 Å². The monoisotopic (exact) mass is 232 g/mol. The molecule has 0 amide bonds. The van der Waals surface area contributed by atoms with Crippen LogP contribution >= 0.6 is 0 Å². The van der Waals surface area contributed by atoms with Crippen LogP contribution in [-0.2, 0) is 13.0 Å². The fourth-order valence-corrected chi connectivity index (χ4v) is 2.02. The third-order valence-electron chi connectivity index (χ3n) is 2.97. The largest absolute Gasteiger partial charge is 0.399 e. The molecule has 1 aliphatic heterocycles. The molecule has 1 aliphatic rings. The van der Waals surface area contributed by atoms with E-state index >= 15 is 0 Å². The van der Waals surface area contributed by atoms with Gasteiger partial charge in [0.2, 0.25) is 0 Å². The van der Waals surface area contributed by atoms with Crippen LogP contribution in [0.3, 0.4) is 0 Å². The minimum Gasteiger partial charge on any atom is -0.399 e. The summed E-state index contributed by atoms with van der Waals surface area (Å²) in [6, 6.07) is 7.38. The summed E-state index contributed by atoms with van der Waals surface area (Å²) in [5, 5.41) is 4.33. The Morgan fingerprint density at radius 1 is 1.29 bits per heavy atom. The van der Waals surface area contributed by atoms with Gasteiger partial charge in [-0.2, -0.15) is 5.10 Å². The number of rotatable bonds is 1. The summed E-state index contributed by atoms with van der Waals surface area (Å²) in [5.74, 6) is 1.51. The van der Waals surface area contributed by atoms with Gasteiger partial charge in [-0.05, 0) is 30.7 Å². The molecule has 0 aliphatic carbocycles. The van der Waals surface area contributed by atoms with Gasteiger partial charge in [0.15, 0.2) is 5.82 Å². The summed E-state index contributed by atoms with van der Waals surface area (Å²) in [6.07, 6.45) is 0.395. The van der Waals surface area contributed by atoms with Crippen LogP contribution in [0.5, 0.6) is 0 Å². The van der Waals surface area contributed by atoms with Crippen molar-refractivity contribution < 1.29 is 4.39 Å². The molecule has 0 saturated heterocycles. The SMILES string of the molecule is Nc1ccc(-c2nc3n(n2)CC(F)CC3)cc1. The highest BCUT2D eigenvalue weighted by molar-refractivity contribution is 5.58. The lowest BCUT2D eigenvalue weighted by Gasteiger charge is -2.14. The van der Waals surface area contributed by atoms with Gasteiger partial charge in [-0.3, -0.25) is 0 Å². The van der Waals surface area contributed by atoms with Crippen molar-refractivity contribution in [1.29, 1.82) is 0 Å². The number of hydrogen-bond acceptors (Lipinski definition) is 3. The van der Waals surface area contributed by atoms with Gasteiger partial charge in [0.25, 0.3) is 0 Å². The van der Waals surface area contributed by atoms with Crippen LogP contribution < -0.4 is 5.73 Å². The molecule has 2 N–H and O–H groups in total. The fraction of sp³-hybridized carbons (Fsp3) is 0.333. The maximum atomic E-state index is 13.2. The summed E-state index contributed by atoms with van der Waals surface area (Å²) < 4.78 is 14.9. The molecule has 5 heteroatoms. The third kappa shape index (κ3) is 1.88. The molecule has 0 spiro atoms. The Bertz CT molecular complexity index is 532. The number of aryl methyl sites for hydroxylation is 1. The molecule has 2 heterocycles. The Labute approximate surface area is 98.3 Å². The molecule has 3 rings (SSSR count). The lowest BCUT2D eigenvalue weighted by atomic mass is 10.1. The predicted octanol–water partition coefficient (Wildman–Crippen LogP) is 1.81. The molecular weight excluding hydrogens is 219 g/mol. The molecule has 4 nitrogen and oxygen atoms in total. The smallest absolute Gasteiger partial charge is 0.181 e. The van der Waals surface area contributed by atoms with Crippen LogP contribution in [-0.4, -0.2) is 20.9 Å². The molecular formula is C12H13FN4. The highest BCUT2D eigenvalue weighted by Gasteiger charge is 2.21. The molecule has 1 aromatic carbocycles. The van der Waals surface area contributed by atoms with Crippen LogP contribution in [0.4, 0.5) is 10.1 Å². The van der Waals surface area contributed by atoms with Gasteiger partial charge in [-0.1, -0.05) is 0 Å². The molecule has 0 saturated carbocycles. The van der Waals surface area contributed by atoms with Crippen LogP contribution in [0, 0.1) is 0 Å². The van der Waals surface area contributed by atoms with E-state index in [2.05, 4.69) is 10.1 Å². The lowest BCUT2D eigenvalue weighted by Crippen LogP contribution is -2.21. The number of alkyl halides is 1. The van der Waals surface area contributed by atoms with E-state index in [1.54, 1.807) is 4.68 Å². The Hall–Kier alpha value is -1.91. The minimum absolute atomic E-state index is 0.317. The number of nitrogens with zero attached hydrogens (tertiary/aromatic N) is 3. The standard InChI is InChI=1S/C12H13FN4/c13-9-3-6-11-15-12(16-17(11)7-9)8-1-4-10(14)5-2-8/h1-2,4-5,9H,3,6-7,14H2. The first-order valence-electron chi connectivity index (χ1n) is 5.66. The number of nitrogens with two attached hydrogens (primary N) is 1. The van der Waals surface area contributed by atoms with Crippen molar-refractivity contribution in [2.75, 3.05) is 5.73 Å². The first-order chi connectivity index (χ1) is 8.22. The van der Waals surface area contributed by atoms with Gasteiger partial charge < -0.3 is 5.73 Å². The summed E-state index contributed by atoms with van der Waals surface area (Å²) in [4.78, 5) is 4.43. The number of fused-ring (bicyclic) bond motifs is 1. The van der Waals surface area contributed by atoms with E-state index in [1.165, 1.54) is 0 Å². The fourth-order valence-electron chi connectivity index (χ4n) is 2.02. The van der Waals surface area contributed by atoms with E-state index < -0.39 is 6.17 Å². The Morgan fingerprint density at radius 3 is 2.82 bits per heavy atom. The number of hydrogen-bond donors (Lipinski definition) is 1. The quantitative estimate of drug-likeness (QED) is 0.763. The first kappa shape index (κ1) is 10.3. The molecule has 17 heavy (non-hydrogen) atoms. The summed E-state index contributed by atoms with van der Waals surface area (Å²) in [6.45, 7) is 0.317. The Kier molecular flexibility index (Phi) is 2.31. The zero-order valence-corrected chi connectivity index (χ0v) is 9.31. The van der Waals surface area contributed by atoms with Crippen molar-refractivity contribution >= 4 is 5.69 Å². The normalized spacial score (nSPS) is 19.0. The highest BCUT2D eigenvalue weighted by Crippen LogP contribution is 2.21. The van der Waals surface area contributed by atoms with E-state index in [1.807, 2.05) is 24.3 Å². The van der Waals surface area contributed by atoms with Gasteiger partial charge >= 0.3 is 0 Å². The molecule has 0 bridgehead atoms. The zero-order chi connectivity index (χ0) is 11.8. The highest BCUT2D eigenvalue weighted by atomic mass is 19.1. The van der Waals surface area contributed by atoms with Crippen LogP contribution in [0.25, 0.3) is 11.4 Å². The Morgan fingerprint density at radius 2 is 2.06 bits per heavy atom. The van der Waals surface area contributed by atoms with E-state index in [-0.39, 0.29) is 0 Å². The van der Waals surface area contributed by atoms with Crippen molar-refractivity contribution in [2.45, 2.75) is 25.6 Å². The second-order valence-corrected chi connectivity index (χ2v) is 4.29. The second-order valence-electron chi connectivity index (χ2n) is 4.29. The molecule has 0 radical (unpaired) electrons. The van der Waals surface area contributed by atoms with Crippen molar-refractivity contribution in [1.82, 2.24) is 14.8 Å². The zero-order valence-electron chi connectivity index (χ0n) is 9.31. The molecule has 88 valence electrons. The maximum absolute atomic E-state index is 13.2. The van der Waals surface area contributed by atoms with Gasteiger partial charge in [0.1, 0.15) is 12.0 Å².